The SMILES string of the molecule is CCC(CO)N=Cc1ccc(N(C)C)cc1. The van der Waals surface area contributed by atoms with Crippen LogP contribution in [-0.2, 0) is 0 Å². The highest BCUT2D eigenvalue weighted by Crippen LogP contribution is 2.11. The van der Waals surface area contributed by atoms with Gasteiger partial charge in [0.1, 0.15) is 0 Å². The van der Waals surface area contributed by atoms with Crippen molar-refractivity contribution in [2.75, 3.05) is 25.6 Å². The number of benzene rings is 1. The number of nitrogens with zero attached hydrogens (tertiary/aromatic N) is 2. The van der Waals surface area contributed by atoms with E-state index in [-0.39, 0.29) is 12.6 Å². The van der Waals surface area contributed by atoms with Crippen LogP contribution in [-0.4, -0.2) is 38.1 Å². The normalized spacial score (nSPS) is 13.0. The molecule has 3 heteroatoms. The van der Waals surface area contributed by atoms with E-state index in [0.717, 1.165) is 12.0 Å². The molecule has 1 rings (SSSR count). The molecule has 0 heterocycles. The monoisotopic (exact) mass is 220 g/mol. The number of hydrogen-bond donors (Lipinski definition) is 1. The first-order valence-electron chi connectivity index (χ1n) is 5.58. The molecule has 0 saturated carbocycles. The van der Waals surface area contributed by atoms with Gasteiger partial charge >= 0.3 is 0 Å². The van der Waals surface area contributed by atoms with E-state index >= 15 is 0 Å². The summed E-state index contributed by atoms with van der Waals surface area (Å²) in [5.41, 5.74) is 2.24. The Kier molecular flexibility index (Phi) is 4.99. The molecule has 0 aliphatic rings. The van der Waals surface area contributed by atoms with Crippen LogP contribution in [0.3, 0.4) is 0 Å². The summed E-state index contributed by atoms with van der Waals surface area (Å²) in [6, 6.07) is 8.20. The van der Waals surface area contributed by atoms with Crippen LogP contribution in [0.15, 0.2) is 29.3 Å². The Morgan fingerprint density at radius 2 is 1.94 bits per heavy atom. The first-order chi connectivity index (χ1) is 7.67. The van der Waals surface area contributed by atoms with Crippen molar-refractivity contribution < 1.29 is 5.11 Å². The third-order valence-electron chi connectivity index (χ3n) is 2.53. The van der Waals surface area contributed by atoms with E-state index in [1.807, 2.05) is 39.4 Å². The highest BCUT2D eigenvalue weighted by Gasteiger charge is 1.99. The Morgan fingerprint density at radius 1 is 1.31 bits per heavy atom. The van der Waals surface area contributed by atoms with E-state index in [2.05, 4.69) is 22.0 Å². The number of hydrogen-bond acceptors (Lipinski definition) is 3. The molecule has 0 aliphatic carbocycles. The second-order valence-electron chi connectivity index (χ2n) is 4.01. The van der Waals surface area contributed by atoms with Crippen molar-refractivity contribution in [2.45, 2.75) is 19.4 Å². The Hall–Kier alpha value is -1.35. The smallest absolute Gasteiger partial charge is 0.0727 e. The van der Waals surface area contributed by atoms with Gasteiger partial charge in [-0.3, -0.25) is 4.99 Å². The lowest BCUT2D eigenvalue weighted by Crippen LogP contribution is -2.09. The Balaban J connectivity index is 2.68. The standard InChI is InChI=1S/C13H20N2O/c1-4-12(10-16)14-9-11-5-7-13(8-6-11)15(2)3/h5-9,12,16H,4,10H2,1-3H3. The average molecular weight is 220 g/mol. The lowest BCUT2D eigenvalue weighted by Gasteiger charge is -2.11. The topological polar surface area (TPSA) is 35.8 Å². The fourth-order valence-corrected chi connectivity index (χ4v) is 1.33. The predicted molar refractivity (Wildman–Crippen MR) is 69.5 cm³/mol. The molecule has 0 fully saturated rings. The van der Waals surface area contributed by atoms with Crippen LogP contribution in [0, 0.1) is 0 Å². The zero-order valence-electron chi connectivity index (χ0n) is 10.2. The highest BCUT2D eigenvalue weighted by molar-refractivity contribution is 5.80. The number of rotatable bonds is 5. The van der Waals surface area contributed by atoms with Crippen LogP contribution in [0.2, 0.25) is 0 Å². The molecule has 0 bridgehead atoms. The van der Waals surface area contributed by atoms with Gasteiger partial charge in [-0.05, 0) is 24.1 Å². The molecule has 1 aromatic carbocycles. The second-order valence-corrected chi connectivity index (χ2v) is 4.01. The van der Waals surface area contributed by atoms with Crippen LogP contribution in [0.1, 0.15) is 18.9 Å². The molecule has 16 heavy (non-hydrogen) atoms. The molecule has 0 radical (unpaired) electrons. The zero-order valence-corrected chi connectivity index (χ0v) is 10.2. The number of aliphatic hydroxyl groups excluding tert-OH is 1. The molecular weight excluding hydrogens is 200 g/mol. The molecule has 0 spiro atoms. The molecule has 0 amide bonds. The maximum atomic E-state index is 9.00. The lowest BCUT2D eigenvalue weighted by molar-refractivity contribution is 0.264. The average Bonchev–Trinajstić information content (AvgIpc) is 2.31. The number of aliphatic imine (C=N–C) groups is 1. The molecule has 1 unspecified atom stereocenters. The van der Waals surface area contributed by atoms with Crippen molar-refractivity contribution in [1.29, 1.82) is 0 Å². The largest absolute Gasteiger partial charge is 0.394 e. The summed E-state index contributed by atoms with van der Waals surface area (Å²) in [6.45, 7) is 2.14. The summed E-state index contributed by atoms with van der Waals surface area (Å²) in [6.07, 6.45) is 2.69. The van der Waals surface area contributed by atoms with Crippen LogP contribution in [0.25, 0.3) is 0 Å². The highest BCUT2D eigenvalue weighted by atomic mass is 16.3. The molecule has 1 atom stereocenters. The third kappa shape index (κ3) is 3.66. The maximum Gasteiger partial charge on any atom is 0.0727 e. The first kappa shape index (κ1) is 12.7. The van der Waals surface area contributed by atoms with Gasteiger partial charge < -0.3 is 10.0 Å². The quantitative estimate of drug-likeness (QED) is 0.770. The van der Waals surface area contributed by atoms with Crippen LogP contribution >= 0.6 is 0 Å². The van der Waals surface area contributed by atoms with Gasteiger partial charge in [0.2, 0.25) is 0 Å². The maximum absolute atomic E-state index is 9.00. The van der Waals surface area contributed by atoms with Crippen molar-refractivity contribution in [3.63, 3.8) is 0 Å². The Bertz CT molecular complexity index is 326. The lowest BCUT2D eigenvalue weighted by atomic mass is 10.2. The van der Waals surface area contributed by atoms with Gasteiger partial charge in [-0.15, -0.1) is 0 Å². The van der Waals surface area contributed by atoms with Gasteiger partial charge in [0.05, 0.1) is 12.6 Å². The van der Waals surface area contributed by atoms with E-state index in [1.165, 1.54) is 5.69 Å². The third-order valence-corrected chi connectivity index (χ3v) is 2.53. The van der Waals surface area contributed by atoms with Gasteiger partial charge in [0, 0.05) is 26.0 Å². The van der Waals surface area contributed by atoms with Crippen LogP contribution in [0.5, 0.6) is 0 Å². The van der Waals surface area contributed by atoms with Crippen LogP contribution in [0.4, 0.5) is 5.69 Å². The summed E-state index contributed by atoms with van der Waals surface area (Å²) < 4.78 is 0. The minimum absolute atomic E-state index is 0.0218. The summed E-state index contributed by atoms with van der Waals surface area (Å²) in [7, 11) is 4.03. The van der Waals surface area contributed by atoms with Crippen molar-refractivity contribution >= 4 is 11.9 Å². The molecule has 88 valence electrons. The number of anilines is 1. The fraction of sp³-hybridized carbons (Fsp3) is 0.462. The summed E-state index contributed by atoms with van der Waals surface area (Å²) in [4.78, 5) is 6.38. The van der Waals surface area contributed by atoms with Crippen molar-refractivity contribution in [2.24, 2.45) is 4.99 Å². The predicted octanol–water partition coefficient (Wildman–Crippen LogP) is 1.94. The van der Waals surface area contributed by atoms with Gasteiger partial charge in [0.25, 0.3) is 0 Å². The van der Waals surface area contributed by atoms with Gasteiger partial charge in [0.15, 0.2) is 0 Å². The van der Waals surface area contributed by atoms with Crippen molar-refractivity contribution in [1.82, 2.24) is 0 Å². The van der Waals surface area contributed by atoms with Gasteiger partial charge in [-0.25, -0.2) is 0 Å². The van der Waals surface area contributed by atoms with E-state index < -0.39 is 0 Å². The fourth-order valence-electron chi connectivity index (χ4n) is 1.33. The Morgan fingerprint density at radius 3 is 2.38 bits per heavy atom. The molecule has 1 aromatic rings. The molecule has 0 aliphatic heterocycles. The minimum atomic E-state index is 0.0218. The van der Waals surface area contributed by atoms with Crippen molar-refractivity contribution in [3.8, 4) is 0 Å². The molecule has 0 aromatic heterocycles. The van der Waals surface area contributed by atoms with Gasteiger partial charge in [-0.2, -0.15) is 0 Å². The van der Waals surface area contributed by atoms with E-state index in [4.69, 9.17) is 5.11 Å². The molecule has 3 nitrogen and oxygen atoms in total. The summed E-state index contributed by atoms with van der Waals surface area (Å²) >= 11 is 0. The van der Waals surface area contributed by atoms with Crippen LogP contribution < -0.4 is 4.90 Å². The van der Waals surface area contributed by atoms with Crippen molar-refractivity contribution in [3.05, 3.63) is 29.8 Å². The number of aliphatic hydroxyl groups is 1. The summed E-state index contributed by atoms with van der Waals surface area (Å²) in [5.74, 6) is 0. The molecule has 0 saturated heterocycles. The summed E-state index contributed by atoms with van der Waals surface area (Å²) in [5, 5.41) is 9.00. The molecular formula is C13H20N2O. The Labute approximate surface area is 97.4 Å². The zero-order chi connectivity index (χ0) is 12.0. The van der Waals surface area contributed by atoms with E-state index in [0.29, 0.717) is 0 Å². The second kappa shape index (κ2) is 6.28. The molecule has 1 N–H and O–H groups in total. The van der Waals surface area contributed by atoms with Gasteiger partial charge in [-0.1, -0.05) is 19.1 Å². The van der Waals surface area contributed by atoms with E-state index in [1.54, 1.807) is 0 Å². The minimum Gasteiger partial charge on any atom is -0.394 e. The first-order valence-corrected chi connectivity index (χ1v) is 5.58. The van der Waals surface area contributed by atoms with E-state index in [9.17, 15) is 0 Å².